The molecular weight excluding hydrogens is 399 g/mol. The van der Waals surface area contributed by atoms with Crippen molar-refractivity contribution in [2.45, 2.75) is 39.0 Å². The van der Waals surface area contributed by atoms with Gasteiger partial charge in [-0.3, -0.25) is 9.69 Å². The van der Waals surface area contributed by atoms with Crippen molar-refractivity contribution in [2.24, 2.45) is 4.99 Å². The SMILES string of the molecule is CCNC(=NCc1c(F)cccc1OC(F)F)N1CCN(CC(=O)NC2CC2)CC1. The van der Waals surface area contributed by atoms with E-state index < -0.39 is 12.4 Å². The number of alkyl halides is 2. The lowest BCUT2D eigenvalue weighted by Crippen LogP contribution is -2.54. The predicted octanol–water partition coefficient (Wildman–Crippen LogP) is 1.79. The van der Waals surface area contributed by atoms with Crippen LogP contribution in [0.2, 0.25) is 0 Å². The molecule has 3 rings (SSSR count). The van der Waals surface area contributed by atoms with Gasteiger partial charge < -0.3 is 20.3 Å². The van der Waals surface area contributed by atoms with Crippen LogP contribution in [0.4, 0.5) is 13.2 Å². The summed E-state index contributed by atoms with van der Waals surface area (Å²) in [4.78, 5) is 20.5. The molecule has 0 spiro atoms. The molecule has 1 saturated heterocycles. The van der Waals surface area contributed by atoms with E-state index in [0.29, 0.717) is 51.3 Å². The van der Waals surface area contributed by atoms with Crippen molar-refractivity contribution >= 4 is 11.9 Å². The molecule has 166 valence electrons. The van der Waals surface area contributed by atoms with Gasteiger partial charge in [0.1, 0.15) is 11.6 Å². The highest BCUT2D eigenvalue weighted by Gasteiger charge is 2.26. The van der Waals surface area contributed by atoms with Crippen molar-refractivity contribution in [2.75, 3.05) is 39.3 Å². The first-order valence-corrected chi connectivity index (χ1v) is 10.2. The van der Waals surface area contributed by atoms with Gasteiger partial charge in [-0.05, 0) is 31.9 Å². The van der Waals surface area contributed by atoms with Crippen LogP contribution < -0.4 is 15.4 Å². The summed E-state index contributed by atoms with van der Waals surface area (Å²) >= 11 is 0. The molecule has 10 heteroatoms. The smallest absolute Gasteiger partial charge is 0.387 e. The topological polar surface area (TPSA) is 69.2 Å². The molecule has 0 radical (unpaired) electrons. The average molecular weight is 427 g/mol. The molecular formula is C20H28F3N5O2. The lowest BCUT2D eigenvalue weighted by molar-refractivity contribution is -0.122. The van der Waals surface area contributed by atoms with Crippen LogP contribution in [0.5, 0.6) is 5.75 Å². The third-order valence-corrected chi connectivity index (χ3v) is 5.00. The van der Waals surface area contributed by atoms with E-state index in [4.69, 9.17) is 0 Å². The molecule has 0 aromatic heterocycles. The van der Waals surface area contributed by atoms with E-state index in [1.165, 1.54) is 18.2 Å². The first-order chi connectivity index (χ1) is 14.5. The highest BCUT2D eigenvalue weighted by molar-refractivity contribution is 5.80. The van der Waals surface area contributed by atoms with E-state index in [1.54, 1.807) is 0 Å². The lowest BCUT2D eigenvalue weighted by atomic mass is 10.2. The number of amides is 1. The predicted molar refractivity (Wildman–Crippen MR) is 107 cm³/mol. The molecule has 7 nitrogen and oxygen atoms in total. The highest BCUT2D eigenvalue weighted by atomic mass is 19.3. The first kappa shape index (κ1) is 22.2. The second kappa shape index (κ2) is 10.5. The van der Waals surface area contributed by atoms with E-state index in [1.807, 2.05) is 11.8 Å². The number of aliphatic imine (C=N–C) groups is 1. The van der Waals surface area contributed by atoms with Gasteiger partial charge >= 0.3 is 6.61 Å². The Hall–Kier alpha value is -2.49. The van der Waals surface area contributed by atoms with Gasteiger partial charge in [0, 0.05) is 38.8 Å². The monoisotopic (exact) mass is 427 g/mol. The highest BCUT2D eigenvalue weighted by Crippen LogP contribution is 2.24. The fraction of sp³-hybridized carbons (Fsp3) is 0.600. The van der Waals surface area contributed by atoms with Crippen LogP contribution in [-0.4, -0.2) is 73.6 Å². The molecule has 0 atom stereocenters. The second-order valence-electron chi connectivity index (χ2n) is 7.37. The molecule has 1 aliphatic carbocycles. The molecule has 1 aromatic rings. The Bertz CT molecular complexity index is 750. The fourth-order valence-corrected chi connectivity index (χ4v) is 3.30. The van der Waals surface area contributed by atoms with Crippen LogP contribution in [0.3, 0.4) is 0 Å². The van der Waals surface area contributed by atoms with Crippen molar-refractivity contribution in [3.8, 4) is 5.75 Å². The van der Waals surface area contributed by atoms with Crippen molar-refractivity contribution in [1.29, 1.82) is 0 Å². The minimum Gasteiger partial charge on any atom is -0.434 e. The Balaban J connectivity index is 1.59. The largest absolute Gasteiger partial charge is 0.434 e. The lowest BCUT2D eigenvalue weighted by Gasteiger charge is -2.36. The number of halogens is 3. The number of ether oxygens (including phenoxy) is 1. The quantitative estimate of drug-likeness (QED) is 0.489. The number of carbonyl (C=O) groups is 1. The summed E-state index contributed by atoms with van der Waals surface area (Å²) in [7, 11) is 0. The van der Waals surface area contributed by atoms with Crippen LogP contribution in [0.15, 0.2) is 23.2 Å². The molecule has 0 bridgehead atoms. The van der Waals surface area contributed by atoms with Gasteiger partial charge in [-0.1, -0.05) is 6.07 Å². The van der Waals surface area contributed by atoms with Crippen molar-refractivity contribution in [3.63, 3.8) is 0 Å². The molecule has 1 heterocycles. The van der Waals surface area contributed by atoms with Crippen LogP contribution in [-0.2, 0) is 11.3 Å². The van der Waals surface area contributed by atoms with Gasteiger partial charge in [-0.15, -0.1) is 0 Å². The zero-order chi connectivity index (χ0) is 21.5. The third-order valence-electron chi connectivity index (χ3n) is 5.00. The normalized spacial score (nSPS) is 17.9. The molecule has 1 amide bonds. The molecule has 30 heavy (non-hydrogen) atoms. The number of rotatable bonds is 8. The van der Waals surface area contributed by atoms with Crippen LogP contribution in [0, 0.1) is 5.82 Å². The minimum absolute atomic E-state index is 0.0106. The Labute approximate surface area is 174 Å². The average Bonchev–Trinajstić information content (AvgIpc) is 3.50. The van der Waals surface area contributed by atoms with Crippen molar-refractivity contribution in [3.05, 3.63) is 29.6 Å². The number of hydrogen-bond donors (Lipinski definition) is 2. The zero-order valence-electron chi connectivity index (χ0n) is 17.0. The molecule has 2 N–H and O–H groups in total. The second-order valence-corrected chi connectivity index (χ2v) is 7.37. The Morgan fingerprint density at radius 3 is 2.63 bits per heavy atom. The van der Waals surface area contributed by atoms with Gasteiger partial charge in [0.25, 0.3) is 0 Å². The number of nitrogens with one attached hydrogen (secondary N) is 2. The van der Waals surface area contributed by atoms with Crippen LogP contribution in [0.1, 0.15) is 25.3 Å². The number of piperazine rings is 1. The summed E-state index contributed by atoms with van der Waals surface area (Å²) in [6.45, 7) is 2.45. The Morgan fingerprint density at radius 2 is 2.00 bits per heavy atom. The van der Waals surface area contributed by atoms with Gasteiger partial charge in [0.15, 0.2) is 5.96 Å². The van der Waals surface area contributed by atoms with E-state index >= 15 is 0 Å². The Morgan fingerprint density at radius 1 is 1.27 bits per heavy atom. The van der Waals surface area contributed by atoms with Gasteiger partial charge in [-0.2, -0.15) is 8.78 Å². The molecule has 1 aliphatic heterocycles. The van der Waals surface area contributed by atoms with E-state index in [-0.39, 0.29) is 23.8 Å². The molecule has 2 fully saturated rings. The minimum atomic E-state index is -3.03. The van der Waals surface area contributed by atoms with Gasteiger partial charge in [0.2, 0.25) is 5.91 Å². The summed E-state index contributed by atoms with van der Waals surface area (Å²) < 4.78 is 43.8. The first-order valence-electron chi connectivity index (χ1n) is 10.2. The molecule has 0 unspecified atom stereocenters. The fourth-order valence-electron chi connectivity index (χ4n) is 3.30. The number of carbonyl (C=O) groups excluding carboxylic acids is 1. The summed E-state index contributed by atoms with van der Waals surface area (Å²) in [5.74, 6) is -0.223. The van der Waals surface area contributed by atoms with Crippen molar-refractivity contribution < 1.29 is 22.7 Å². The summed E-state index contributed by atoms with van der Waals surface area (Å²) in [5.41, 5.74) is -0.0106. The number of guanidine groups is 1. The van der Waals surface area contributed by atoms with Crippen LogP contribution >= 0.6 is 0 Å². The third kappa shape index (κ3) is 6.51. The summed E-state index contributed by atoms with van der Waals surface area (Å²) in [6, 6.07) is 4.17. The number of hydrogen-bond acceptors (Lipinski definition) is 4. The van der Waals surface area contributed by atoms with Gasteiger partial charge in [-0.25, -0.2) is 9.38 Å². The number of benzene rings is 1. The van der Waals surface area contributed by atoms with E-state index in [9.17, 15) is 18.0 Å². The molecule has 1 aromatic carbocycles. The summed E-state index contributed by atoms with van der Waals surface area (Å²) in [5, 5.41) is 6.15. The van der Waals surface area contributed by atoms with Crippen LogP contribution in [0.25, 0.3) is 0 Å². The summed E-state index contributed by atoms with van der Waals surface area (Å²) in [6.07, 6.45) is 2.13. The van der Waals surface area contributed by atoms with Gasteiger partial charge in [0.05, 0.1) is 18.7 Å². The maximum absolute atomic E-state index is 14.2. The maximum Gasteiger partial charge on any atom is 0.387 e. The maximum atomic E-state index is 14.2. The Kier molecular flexibility index (Phi) is 7.78. The zero-order valence-corrected chi connectivity index (χ0v) is 17.0. The number of nitrogens with zero attached hydrogens (tertiary/aromatic N) is 3. The van der Waals surface area contributed by atoms with Crippen molar-refractivity contribution in [1.82, 2.24) is 20.4 Å². The standard InChI is InChI=1S/C20H28F3N5O2/c1-2-24-20(25-12-15-16(21)4-3-5-17(15)30-19(22)23)28-10-8-27(9-11-28)13-18(29)26-14-6-7-14/h3-5,14,19H,2,6-13H2,1H3,(H,24,25)(H,26,29). The molecule has 1 saturated carbocycles. The van der Waals surface area contributed by atoms with E-state index in [0.717, 1.165) is 12.8 Å². The molecule has 2 aliphatic rings. The van der Waals surface area contributed by atoms with E-state index in [2.05, 4.69) is 25.3 Å².